The number of hydrogen-bond donors (Lipinski definition) is 0. The summed E-state index contributed by atoms with van der Waals surface area (Å²) in [6.07, 6.45) is 10.5. The predicted octanol–water partition coefficient (Wildman–Crippen LogP) is 7.42. The molecule has 3 heteroatoms. The molecule has 2 aromatic rings. The molecule has 1 fully saturated rings. The molecule has 0 atom stereocenters. The van der Waals surface area contributed by atoms with Crippen LogP contribution in [-0.2, 0) is 6.42 Å². The Hall–Kier alpha value is -2.34. The molecule has 0 unspecified atom stereocenters. The molecule has 0 spiro atoms. The summed E-state index contributed by atoms with van der Waals surface area (Å²) in [5.74, 6) is 4.83. The first-order chi connectivity index (χ1) is 14.6. The number of rotatable bonds is 7. The number of benzene rings is 2. The molecule has 1 nitrogen and oxygen atoms in total. The number of ether oxygens (including phenoxy) is 1. The van der Waals surface area contributed by atoms with Crippen molar-refractivity contribution in [3.05, 3.63) is 64.7 Å². The van der Waals surface area contributed by atoms with Gasteiger partial charge < -0.3 is 4.74 Å². The van der Waals surface area contributed by atoms with Gasteiger partial charge in [-0.15, -0.1) is 0 Å². The average Bonchev–Trinajstić information content (AvgIpc) is 2.79. The SMILES string of the molecule is CCCCCCc1ccc([C@H]2CC[C@H](C#Cc3ccc(OC)c(F)c3F)CC2)cc1. The third-order valence-electron chi connectivity index (χ3n) is 6.18. The van der Waals surface area contributed by atoms with E-state index in [1.165, 1.54) is 62.5 Å². The molecule has 0 amide bonds. The smallest absolute Gasteiger partial charge is 0.201 e. The van der Waals surface area contributed by atoms with Gasteiger partial charge in [0.25, 0.3) is 0 Å². The molecule has 1 saturated carbocycles. The number of aryl methyl sites for hydroxylation is 1. The van der Waals surface area contributed by atoms with Crippen molar-refractivity contribution in [3.8, 4) is 17.6 Å². The summed E-state index contributed by atoms with van der Waals surface area (Å²) < 4.78 is 32.7. The molecule has 0 bridgehead atoms. The number of methoxy groups -OCH3 is 1. The van der Waals surface area contributed by atoms with E-state index in [9.17, 15) is 8.78 Å². The van der Waals surface area contributed by atoms with Gasteiger partial charge in [0.05, 0.1) is 12.7 Å². The molecule has 0 heterocycles. The number of unbranched alkanes of at least 4 members (excludes halogenated alkanes) is 3. The molecule has 1 aliphatic carbocycles. The van der Waals surface area contributed by atoms with Gasteiger partial charge in [-0.2, -0.15) is 4.39 Å². The van der Waals surface area contributed by atoms with Gasteiger partial charge in [-0.3, -0.25) is 0 Å². The van der Waals surface area contributed by atoms with Crippen LogP contribution in [0, 0.1) is 29.4 Å². The van der Waals surface area contributed by atoms with Gasteiger partial charge in [-0.1, -0.05) is 62.3 Å². The van der Waals surface area contributed by atoms with Gasteiger partial charge in [-0.25, -0.2) is 4.39 Å². The maximum Gasteiger partial charge on any atom is 0.201 e. The van der Waals surface area contributed by atoms with Crippen molar-refractivity contribution in [2.24, 2.45) is 5.92 Å². The lowest BCUT2D eigenvalue weighted by Crippen LogP contribution is -2.12. The highest BCUT2D eigenvalue weighted by Gasteiger charge is 2.21. The lowest BCUT2D eigenvalue weighted by Gasteiger charge is -2.26. The Balaban J connectivity index is 1.52. The molecule has 0 N–H and O–H groups in total. The Morgan fingerprint density at radius 2 is 1.63 bits per heavy atom. The van der Waals surface area contributed by atoms with Crippen LogP contribution in [0.1, 0.15) is 80.9 Å². The Kier molecular flexibility index (Phi) is 8.31. The van der Waals surface area contributed by atoms with Crippen molar-refractivity contribution >= 4 is 0 Å². The minimum Gasteiger partial charge on any atom is -0.494 e. The first-order valence-electron chi connectivity index (χ1n) is 11.2. The first-order valence-corrected chi connectivity index (χ1v) is 11.2. The van der Waals surface area contributed by atoms with E-state index in [4.69, 9.17) is 4.74 Å². The lowest BCUT2D eigenvalue weighted by molar-refractivity contribution is 0.371. The normalized spacial score (nSPS) is 18.5. The second-order valence-corrected chi connectivity index (χ2v) is 8.31. The molecular weight excluding hydrogens is 378 g/mol. The molecule has 0 saturated heterocycles. The standard InChI is InChI=1S/C27H32F2O/c1-3-4-5-6-7-20-8-13-22(14-9-20)23-15-10-21(11-16-23)12-17-24-18-19-25(30-2)27(29)26(24)28/h8-9,13-14,18-19,21,23H,3-7,10-11,15-16H2,1-2H3/t21-,23-. The van der Waals surface area contributed by atoms with E-state index in [0.717, 1.165) is 25.7 Å². The molecule has 0 aliphatic heterocycles. The van der Waals surface area contributed by atoms with E-state index >= 15 is 0 Å². The fraction of sp³-hybridized carbons (Fsp3) is 0.481. The van der Waals surface area contributed by atoms with Gasteiger partial charge in [0.2, 0.25) is 5.82 Å². The lowest BCUT2D eigenvalue weighted by atomic mass is 9.78. The quantitative estimate of drug-likeness (QED) is 0.341. The van der Waals surface area contributed by atoms with E-state index in [1.54, 1.807) is 0 Å². The van der Waals surface area contributed by atoms with E-state index < -0.39 is 11.6 Å². The summed E-state index contributed by atoms with van der Waals surface area (Å²) in [6.45, 7) is 2.24. The zero-order valence-electron chi connectivity index (χ0n) is 18.1. The van der Waals surface area contributed by atoms with Crippen molar-refractivity contribution in [2.45, 2.75) is 70.6 Å². The van der Waals surface area contributed by atoms with Crippen molar-refractivity contribution in [3.63, 3.8) is 0 Å². The van der Waals surface area contributed by atoms with E-state index in [0.29, 0.717) is 5.92 Å². The van der Waals surface area contributed by atoms with Gasteiger partial charge in [0.1, 0.15) is 0 Å². The van der Waals surface area contributed by atoms with Crippen LogP contribution < -0.4 is 4.74 Å². The number of halogens is 2. The van der Waals surface area contributed by atoms with E-state index in [-0.39, 0.29) is 17.2 Å². The molecule has 3 rings (SSSR count). The van der Waals surface area contributed by atoms with Gasteiger partial charge >= 0.3 is 0 Å². The summed E-state index contributed by atoms with van der Waals surface area (Å²) in [7, 11) is 1.32. The molecule has 30 heavy (non-hydrogen) atoms. The highest BCUT2D eigenvalue weighted by atomic mass is 19.2. The average molecular weight is 411 g/mol. The summed E-state index contributed by atoms with van der Waals surface area (Å²) in [4.78, 5) is 0. The van der Waals surface area contributed by atoms with Crippen LogP contribution in [0.4, 0.5) is 8.78 Å². The molecule has 160 valence electrons. The summed E-state index contributed by atoms with van der Waals surface area (Å²) >= 11 is 0. The fourth-order valence-electron chi connectivity index (χ4n) is 4.25. The third-order valence-corrected chi connectivity index (χ3v) is 6.18. The summed E-state index contributed by atoms with van der Waals surface area (Å²) in [5.41, 5.74) is 2.95. The Morgan fingerprint density at radius 1 is 0.900 bits per heavy atom. The van der Waals surface area contributed by atoms with Crippen LogP contribution in [0.5, 0.6) is 5.75 Å². The number of hydrogen-bond acceptors (Lipinski definition) is 1. The maximum absolute atomic E-state index is 14.1. The zero-order valence-corrected chi connectivity index (χ0v) is 18.1. The van der Waals surface area contributed by atoms with Crippen molar-refractivity contribution in [1.29, 1.82) is 0 Å². The highest BCUT2D eigenvalue weighted by molar-refractivity contribution is 5.41. The summed E-state index contributed by atoms with van der Waals surface area (Å²) in [5, 5.41) is 0. The van der Waals surface area contributed by atoms with Crippen LogP contribution in [-0.4, -0.2) is 7.11 Å². The van der Waals surface area contributed by atoms with Crippen LogP contribution in [0.2, 0.25) is 0 Å². The molecule has 1 aliphatic rings. The van der Waals surface area contributed by atoms with Crippen molar-refractivity contribution in [2.75, 3.05) is 7.11 Å². The van der Waals surface area contributed by atoms with Crippen LogP contribution in [0.3, 0.4) is 0 Å². The van der Waals surface area contributed by atoms with Crippen LogP contribution in [0.25, 0.3) is 0 Å². The zero-order chi connectivity index (χ0) is 21.3. The maximum atomic E-state index is 14.1. The minimum absolute atomic E-state index is 0.0921. The fourth-order valence-corrected chi connectivity index (χ4v) is 4.25. The molecule has 0 radical (unpaired) electrons. The summed E-state index contributed by atoms with van der Waals surface area (Å²) in [6, 6.07) is 12.1. The van der Waals surface area contributed by atoms with Crippen LogP contribution in [0.15, 0.2) is 36.4 Å². The second-order valence-electron chi connectivity index (χ2n) is 8.31. The van der Waals surface area contributed by atoms with Gasteiger partial charge in [0, 0.05) is 5.92 Å². The van der Waals surface area contributed by atoms with E-state index in [2.05, 4.69) is 43.0 Å². The third kappa shape index (κ3) is 5.85. The van der Waals surface area contributed by atoms with E-state index in [1.807, 2.05) is 0 Å². The van der Waals surface area contributed by atoms with Crippen molar-refractivity contribution < 1.29 is 13.5 Å². The molecular formula is C27H32F2O. The Morgan fingerprint density at radius 3 is 2.30 bits per heavy atom. The van der Waals surface area contributed by atoms with Crippen LogP contribution >= 0.6 is 0 Å². The van der Waals surface area contributed by atoms with Crippen molar-refractivity contribution in [1.82, 2.24) is 0 Å². The Labute approximate surface area is 179 Å². The topological polar surface area (TPSA) is 9.23 Å². The molecule has 2 aromatic carbocycles. The minimum atomic E-state index is -0.971. The largest absolute Gasteiger partial charge is 0.494 e. The van der Waals surface area contributed by atoms with Gasteiger partial charge in [-0.05, 0) is 67.7 Å². The monoisotopic (exact) mass is 410 g/mol. The first kappa shape index (κ1) is 22.3. The van der Waals surface area contributed by atoms with Gasteiger partial charge in [0.15, 0.2) is 11.6 Å². The predicted molar refractivity (Wildman–Crippen MR) is 119 cm³/mol. The second kappa shape index (κ2) is 11.2. The Bertz CT molecular complexity index is 868. The molecule has 0 aromatic heterocycles. The highest BCUT2D eigenvalue weighted by Crippen LogP contribution is 2.35.